The predicted octanol–water partition coefficient (Wildman–Crippen LogP) is 0.167. The van der Waals surface area contributed by atoms with Crippen molar-refractivity contribution in [1.82, 2.24) is 0 Å². The van der Waals surface area contributed by atoms with Crippen LogP contribution >= 0.6 is 46.0 Å². The van der Waals surface area contributed by atoms with E-state index >= 15 is 0 Å². The lowest BCUT2D eigenvalue weighted by atomic mass is 10.1. The van der Waals surface area contributed by atoms with Crippen molar-refractivity contribution in [3.8, 4) is 0 Å². The molecule has 0 saturated carbocycles. The molecule has 0 bridgehead atoms. The summed E-state index contributed by atoms with van der Waals surface area (Å²) >= 11 is 10.7. The number of aliphatic hydroxyl groups excluding tert-OH is 4. The van der Waals surface area contributed by atoms with Crippen LogP contribution in [0.4, 0.5) is 0 Å². The molecule has 0 amide bonds. The first-order valence-electron chi connectivity index (χ1n) is 11.2. The minimum Gasteiger partial charge on any atom is -0.469 e. The Morgan fingerprint density at radius 2 is 1.11 bits per heavy atom. The molecule has 0 aromatic rings. The smallest absolute Gasteiger partial charge is 0.231 e. The van der Waals surface area contributed by atoms with Gasteiger partial charge in [0.1, 0.15) is 24.4 Å². The minimum atomic E-state index is -1.23. The van der Waals surface area contributed by atoms with Gasteiger partial charge in [0.15, 0.2) is 48.6 Å². The van der Waals surface area contributed by atoms with Crippen molar-refractivity contribution in [1.29, 1.82) is 0 Å². The molecule has 4 saturated heterocycles. The number of hydrogen-bond donors (Lipinski definition) is 4. The maximum absolute atomic E-state index is 10.2. The molecular formula is C20H30O12S4. The quantitative estimate of drug-likeness (QED) is 0.245. The van der Waals surface area contributed by atoms with E-state index in [0.717, 1.165) is 21.6 Å². The number of ether oxygens (including phenoxy) is 8. The summed E-state index contributed by atoms with van der Waals surface area (Å²) in [5.74, 6) is -1.83. The second kappa shape index (κ2) is 11.3. The van der Waals surface area contributed by atoms with Gasteiger partial charge in [0.2, 0.25) is 8.77 Å². The third kappa shape index (κ3) is 6.28. The summed E-state index contributed by atoms with van der Waals surface area (Å²) in [5, 5.41) is 39.1. The van der Waals surface area contributed by atoms with Crippen molar-refractivity contribution in [3.05, 3.63) is 0 Å². The van der Waals surface area contributed by atoms with E-state index in [0.29, 0.717) is 0 Å². The van der Waals surface area contributed by atoms with Gasteiger partial charge in [-0.05, 0) is 52.1 Å². The molecule has 0 aromatic carbocycles. The third-order valence-corrected chi connectivity index (χ3v) is 8.86. The molecule has 0 aliphatic carbocycles. The second-order valence-electron chi connectivity index (χ2n) is 9.47. The Balaban J connectivity index is 1.33. The van der Waals surface area contributed by atoms with Gasteiger partial charge >= 0.3 is 0 Å². The van der Waals surface area contributed by atoms with Gasteiger partial charge in [-0.3, -0.25) is 0 Å². The fraction of sp³-hybridized carbons (Fsp3) is 0.900. The van der Waals surface area contributed by atoms with E-state index in [1.54, 1.807) is 27.7 Å². The number of hydrogen-bond acceptors (Lipinski definition) is 16. The molecule has 0 spiro atoms. The number of aliphatic hydroxyl groups is 4. The summed E-state index contributed by atoms with van der Waals surface area (Å²) in [4.78, 5) is 0. The van der Waals surface area contributed by atoms with Gasteiger partial charge in [-0.25, -0.2) is 0 Å². The van der Waals surface area contributed by atoms with Crippen LogP contribution in [0, 0.1) is 0 Å². The Kier molecular flexibility index (Phi) is 9.12. The average Bonchev–Trinajstić information content (AvgIpc) is 3.48. The molecule has 36 heavy (non-hydrogen) atoms. The van der Waals surface area contributed by atoms with E-state index < -0.39 is 86.2 Å². The zero-order valence-corrected chi connectivity index (χ0v) is 23.1. The summed E-state index contributed by atoms with van der Waals surface area (Å²) in [6.45, 7) is 5.80. The highest BCUT2D eigenvalue weighted by Crippen LogP contribution is 2.43. The highest BCUT2D eigenvalue weighted by Gasteiger charge is 2.59. The highest BCUT2D eigenvalue weighted by atomic mass is 33.1. The van der Waals surface area contributed by atoms with Gasteiger partial charge in [-0.2, -0.15) is 0 Å². The van der Waals surface area contributed by atoms with Gasteiger partial charge < -0.3 is 58.3 Å². The molecule has 4 aliphatic heterocycles. The Labute approximate surface area is 226 Å². The molecule has 4 aliphatic rings. The Hall–Kier alpha value is 0.0800. The molecule has 0 aromatic heterocycles. The van der Waals surface area contributed by atoms with E-state index in [9.17, 15) is 20.4 Å². The van der Waals surface area contributed by atoms with Crippen LogP contribution in [0.25, 0.3) is 0 Å². The first-order valence-corrected chi connectivity index (χ1v) is 14.2. The van der Waals surface area contributed by atoms with Crippen LogP contribution in [0.2, 0.25) is 0 Å². The largest absolute Gasteiger partial charge is 0.469 e. The standard InChI is InChI=1S/C20H30O12S4/c1-19(2)29-13-11(9(7(23)5-21)25-15(13)31-19)27-17(33)35-36-18(34)28-12-10(8(24)6-22)26-16-14(12)30-20(3,4)32-16/h7-16,21-24H,5-6H2,1-4H3. The van der Waals surface area contributed by atoms with E-state index in [2.05, 4.69) is 0 Å². The lowest BCUT2D eigenvalue weighted by molar-refractivity contribution is -0.226. The van der Waals surface area contributed by atoms with Crippen molar-refractivity contribution in [2.45, 2.75) is 101 Å². The fourth-order valence-electron chi connectivity index (χ4n) is 4.43. The molecule has 4 N–H and O–H groups in total. The predicted molar refractivity (Wildman–Crippen MR) is 134 cm³/mol. The van der Waals surface area contributed by atoms with E-state index in [1.807, 2.05) is 0 Å². The van der Waals surface area contributed by atoms with Crippen LogP contribution in [0.1, 0.15) is 27.7 Å². The lowest BCUT2D eigenvalue weighted by Crippen LogP contribution is -2.44. The summed E-state index contributed by atoms with van der Waals surface area (Å²) in [7, 11) is 1.98. The molecule has 4 fully saturated rings. The Bertz CT molecular complexity index is 765. The van der Waals surface area contributed by atoms with Crippen molar-refractivity contribution < 1.29 is 58.3 Å². The van der Waals surface area contributed by atoms with Crippen molar-refractivity contribution >= 4 is 54.8 Å². The average molecular weight is 591 g/mol. The van der Waals surface area contributed by atoms with Crippen LogP contribution in [0.15, 0.2) is 0 Å². The van der Waals surface area contributed by atoms with Crippen LogP contribution in [-0.2, 0) is 37.9 Å². The number of rotatable bonds is 6. The van der Waals surface area contributed by atoms with Crippen molar-refractivity contribution in [3.63, 3.8) is 0 Å². The summed E-state index contributed by atoms with van der Waals surface area (Å²) in [6.07, 6.45) is -8.92. The Morgan fingerprint density at radius 1 is 0.750 bits per heavy atom. The van der Waals surface area contributed by atoms with E-state index in [-0.39, 0.29) is 8.77 Å². The maximum Gasteiger partial charge on any atom is 0.231 e. The summed E-state index contributed by atoms with van der Waals surface area (Å²) < 4.78 is 46.3. The van der Waals surface area contributed by atoms with Gasteiger partial charge in [-0.1, -0.05) is 0 Å². The van der Waals surface area contributed by atoms with Gasteiger partial charge in [0.05, 0.1) is 13.2 Å². The van der Waals surface area contributed by atoms with Crippen LogP contribution < -0.4 is 0 Å². The number of thiocarbonyl (C=S) groups is 2. The van der Waals surface area contributed by atoms with Gasteiger partial charge in [-0.15, -0.1) is 0 Å². The molecule has 4 heterocycles. The molecule has 12 nitrogen and oxygen atoms in total. The molecule has 10 unspecified atom stereocenters. The maximum atomic E-state index is 10.2. The first-order chi connectivity index (χ1) is 16.8. The minimum absolute atomic E-state index is 0.0534. The van der Waals surface area contributed by atoms with Crippen molar-refractivity contribution in [2.75, 3.05) is 13.2 Å². The normalized spacial score (nSPS) is 39.9. The third-order valence-electron chi connectivity index (χ3n) is 5.83. The van der Waals surface area contributed by atoms with Crippen molar-refractivity contribution in [2.24, 2.45) is 0 Å². The monoisotopic (exact) mass is 590 g/mol. The molecule has 10 atom stereocenters. The summed E-state index contributed by atoms with van der Waals surface area (Å²) in [5.41, 5.74) is 0. The Morgan fingerprint density at radius 3 is 1.44 bits per heavy atom. The molecule has 0 radical (unpaired) electrons. The second-order valence-corrected chi connectivity index (χ2v) is 12.8. The molecule has 4 rings (SSSR count). The SMILES string of the molecule is CC1(C)OC2OC(C(O)CO)C(OC(=S)SSC(=S)OC3C(C(O)CO)OC4OC(C)(C)OC43)C2O1. The molecule has 206 valence electrons. The van der Waals surface area contributed by atoms with E-state index in [4.69, 9.17) is 62.3 Å². The summed E-state index contributed by atoms with van der Waals surface area (Å²) in [6, 6.07) is 0. The van der Waals surface area contributed by atoms with Crippen LogP contribution in [-0.4, -0.2) is 115 Å². The van der Waals surface area contributed by atoms with Gasteiger partial charge in [0, 0.05) is 21.6 Å². The topological polar surface area (TPSA) is 155 Å². The fourth-order valence-corrected chi connectivity index (χ4v) is 6.35. The molecular weight excluding hydrogens is 560 g/mol. The highest BCUT2D eigenvalue weighted by molar-refractivity contribution is 8.89. The first kappa shape index (κ1) is 29.1. The zero-order chi connectivity index (χ0) is 26.4. The number of fused-ring (bicyclic) bond motifs is 2. The van der Waals surface area contributed by atoms with Crippen LogP contribution in [0.3, 0.4) is 0 Å². The molecule has 16 heteroatoms. The zero-order valence-electron chi connectivity index (χ0n) is 19.9. The van der Waals surface area contributed by atoms with E-state index in [1.165, 1.54) is 0 Å². The lowest BCUT2D eigenvalue weighted by Gasteiger charge is -2.28. The van der Waals surface area contributed by atoms with Crippen LogP contribution in [0.5, 0.6) is 0 Å². The van der Waals surface area contributed by atoms with Gasteiger partial charge in [0.25, 0.3) is 0 Å².